The molecule has 0 radical (unpaired) electrons. The van der Waals surface area contributed by atoms with Crippen molar-refractivity contribution in [3.8, 4) is 0 Å². The molecule has 0 saturated carbocycles. The van der Waals surface area contributed by atoms with Gasteiger partial charge in [-0.3, -0.25) is 0 Å². The molecular weight excluding hydrogens is 275 g/mol. The van der Waals surface area contributed by atoms with E-state index < -0.39 is 12.0 Å². The van der Waals surface area contributed by atoms with Crippen molar-refractivity contribution in [2.45, 2.75) is 31.5 Å². The molecule has 0 aliphatic carbocycles. The van der Waals surface area contributed by atoms with Crippen LogP contribution in [0.15, 0.2) is 6.07 Å². The third-order valence-electron chi connectivity index (χ3n) is 2.91. The van der Waals surface area contributed by atoms with E-state index in [1.807, 2.05) is 0 Å². The van der Waals surface area contributed by atoms with E-state index in [2.05, 4.69) is 20.7 Å². The minimum Gasteiger partial charge on any atom is -0.376 e. The summed E-state index contributed by atoms with van der Waals surface area (Å²) in [7, 11) is 0. The number of anilines is 2. The second-order valence-corrected chi connectivity index (χ2v) is 4.47. The summed E-state index contributed by atoms with van der Waals surface area (Å²) >= 11 is 0. The van der Waals surface area contributed by atoms with Crippen LogP contribution in [0.4, 0.5) is 24.8 Å². The fourth-order valence-corrected chi connectivity index (χ4v) is 1.93. The van der Waals surface area contributed by atoms with Crippen molar-refractivity contribution in [1.29, 1.82) is 0 Å². The molecule has 9 heteroatoms. The number of nitrogens with one attached hydrogen (secondary N) is 2. The van der Waals surface area contributed by atoms with Crippen LogP contribution in [0.2, 0.25) is 0 Å². The number of ether oxygens (including phenoxy) is 1. The Kier molecular flexibility index (Phi) is 4.61. The molecule has 0 bridgehead atoms. The fraction of sp³-hybridized carbons (Fsp3) is 0.636. The number of hydrogen-bond acceptors (Lipinski definition) is 6. The van der Waals surface area contributed by atoms with Crippen molar-refractivity contribution >= 4 is 11.6 Å². The Morgan fingerprint density at radius 1 is 1.30 bits per heavy atom. The topological polar surface area (TPSA) is 85.1 Å². The van der Waals surface area contributed by atoms with Crippen molar-refractivity contribution in [2.75, 3.05) is 23.9 Å². The van der Waals surface area contributed by atoms with Gasteiger partial charge in [0, 0.05) is 19.2 Å². The zero-order chi connectivity index (χ0) is 14.6. The third-order valence-corrected chi connectivity index (χ3v) is 2.91. The molecule has 2 heterocycles. The fourth-order valence-electron chi connectivity index (χ4n) is 1.93. The number of hydrogen-bond donors (Lipinski definition) is 3. The summed E-state index contributed by atoms with van der Waals surface area (Å²) in [5.74, 6) is 3.84. The summed E-state index contributed by atoms with van der Waals surface area (Å²) in [4.78, 5) is 6.71. The van der Waals surface area contributed by atoms with Crippen molar-refractivity contribution in [3.63, 3.8) is 0 Å². The molecular formula is C11H16F3N5O. The highest BCUT2D eigenvalue weighted by Gasteiger charge is 2.35. The van der Waals surface area contributed by atoms with Gasteiger partial charge in [0.05, 0.1) is 6.10 Å². The number of nitrogens with two attached hydrogens (primary N) is 1. The van der Waals surface area contributed by atoms with E-state index >= 15 is 0 Å². The maximum absolute atomic E-state index is 12.6. The summed E-state index contributed by atoms with van der Waals surface area (Å²) in [5.41, 5.74) is 2.10. The number of alkyl halides is 3. The van der Waals surface area contributed by atoms with Gasteiger partial charge in [-0.1, -0.05) is 0 Å². The number of nitrogen functional groups attached to an aromatic ring is 1. The van der Waals surface area contributed by atoms with Crippen molar-refractivity contribution in [3.05, 3.63) is 11.9 Å². The Balaban J connectivity index is 2.06. The van der Waals surface area contributed by atoms with Crippen LogP contribution in [-0.2, 0) is 10.9 Å². The molecule has 6 nitrogen and oxygen atoms in total. The molecule has 1 aromatic heterocycles. The van der Waals surface area contributed by atoms with Gasteiger partial charge < -0.3 is 15.5 Å². The molecule has 0 spiro atoms. The average molecular weight is 291 g/mol. The van der Waals surface area contributed by atoms with Crippen LogP contribution in [-0.4, -0.2) is 29.2 Å². The molecule has 0 amide bonds. The molecule has 2 rings (SSSR count). The van der Waals surface area contributed by atoms with E-state index in [4.69, 9.17) is 10.6 Å². The highest BCUT2D eigenvalue weighted by Crippen LogP contribution is 2.28. The minimum atomic E-state index is -4.62. The number of halogens is 3. The first kappa shape index (κ1) is 14.8. The van der Waals surface area contributed by atoms with E-state index in [1.165, 1.54) is 6.07 Å². The summed E-state index contributed by atoms with van der Waals surface area (Å²) in [5, 5.41) is 2.83. The molecule has 112 valence electrons. The zero-order valence-corrected chi connectivity index (χ0v) is 10.7. The normalized spacial score (nSPS) is 19.7. The van der Waals surface area contributed by atoms with Crippen LogP contribution in [0.3, 0.4) is 0 Å². The maximum atomic E-state index is 12.6. The smallest absolute Gasteiger partial charge is 0.376 e. The molecule has 20 heavy (non-hydrogen) atoms. The standard InChI is InChI=1S/C11H16F3N5O/c12-11(13,14)10-17-8(5-9(18-10)19-15)16-6-7-3-1-2-4-20-7/h5,7H,1-4,6,15H2,(H2,16,17,18,19). The van der Waals surface area contributed by atoms with Crippen LogP contribution in [0, 0.1) is 0 Å². The first-order valence-corrected chi connectivity index (χ1v) is 6.27. The minimum absolute atomic E-state index is 0.0117. The highest BCUT2D eigenvalue weighted by molar-refractivity contribution is 5.47. The summed E-state index contributed by atoms with van der Waals surface area (Å²) < 4.78 is 43.4. The molecule has 4 N–H and O–H groups in total. The third kappa shape index (κ3) is 3.94. The Labute approximate surface area is 113 Å². The lowest BCUT2D eigenvalue weighted by Crippen LogP contribution is -2.27. The van der Waals surface area contributed by atoms with Gasteiger partial charge in [-0.25, -0.2) is 15.8 Å². The SMILES string of the molecule is NNc1cc(NCC2CCCCO2)nc(C(F)(F)F)n1. The number of rotatable bonds is 4. The van der Waals surface area contributed by atoms with Crippen LogP contribution in [0.1, 0.15) is 25.1 Å². The van der Waals surface area contributed by atoms with E-state index in [0.717, 1.165) is 19.3 Å². The maximum Gasteiger partial charge on any atom is 0.451 e. The molecule has 1 aromatic rings. The summed E-state index contributed by atoms with van der Waals surface area (Å²) in [6.45, 7) is 1.08. The Bertz CT molecular complexity index is 448. The lowest BCUT2D eigenvalue weighted by molar-refractivity contribution is -0.144. The van der Waals surface area contributed by atoms with Gasteiger partial charge in [0.2, 0.25) is 5.82 Å². The number of aromatic nitrogens is 2. The van der Waals surface area contributed by atoms with Gasteiger partial charge >= 0.3 is 6.18 Å². The van der Waals surface area contributed by atoms with E-state index in [9.17, 15) is 13.2 Å². The average Bonchev–Trinajstić information content (AvgIpc) is 2.45. The molecule has 1 saturated heterocycles. The van der Waals surface area contributed by atoms with Gasteiger partial charge in [-0.2, -0.15) is 13.2 Å². The molecule has 1 unspecified atom stereocenters. The number of nitrogens with zero attached hydrogens (tertiary/aromatic N) is 2. The van der Waals surface area contributed by atoms with E-state index in [-0.39, 0.29) is 17.7 Å². The highest BCUT2D eigenvalue weighted by atomic mass is 19.4. The van der Waals surface area contributed by atoms with Gasteiger partial charge in [0.1, 0.15) is 11.6 Å². The first-order chi connectivity index (χ1) is 9.49. The number of hydrazine groups is 1. The zero-order valence-electron chi connectivity index (χ0n) is 10.7. The van der Waals surface area contributed by atoms with Crippen LogP contribution >= 0.6 is 0 Å². The summed E-state index contributed by atoms with van der Waals surface area (Å²) in [6.07, 6.45) is -1.68. The van der Waals surface area contributed by atoms with E-state index in [0.29, 0.717) is 13.2 Å². The Morgan fingerprint density at radius 3 is 2.65 bits per heavy atom. The predicted octanol–water partition coefficient (Wildman–Crippen LogP) is 1.76. The summed E-state index contributed by atoms with van der Waals surface area (Å²) in [6, 6.07) is 1.32. The van der Waals surface area contributed by atoms with Gasteiger partial charge in [-0.05, 0) is 19.3 Å². The molecule has 1 aliphatic heterocycles. The molecule has 1 aliphatic rings. The van der Waals surface area contributed by atoms with Crippen LogP contribution < -0.4 is 16.6 Å². The Hall–Kier alpha value is -1.61. The molecule has 0 aromatic carbocycles. The van der Waals surface area contributed by atoms with Crippen molar-refractivity contribution in [1.82, 2.24) is 9.97 Å². The first-order valence-electron chi connectivity index (χ1n) is 6.27. The second kappa shape index (κ2) is 6.23. The van der Waals surface area contributed by atoms with Crippen molar-refractivity contribution < 1.29 is 17.9 Å². The largest absolute Gasteiger partial charge is 0.451 e. The lowest BCUT2D eigenvalue weighted by Gasteiger charge is -2.23. The van der Waals surface area contributed by atoms with Crippen LogP contribution in [0.5, 0.6) is 0 Å². The van der Waals surface area contributed by atoms with Gasteiger partial charge in [0.25, 0.3) is 0 Å². The van der Waals surface area contributed by atoms with Crippen LogP contribution in [0.25, 0.3) is 0 Å². The van der Waals surface area contributed by atoms with Crippen molar-refractivity contribution in [2.24, 2.45) is 5.84 Å². The molecule has 1 fully saturated rings. The second-order valence-electron chi connectivity index (χ2n) is 4.47. The molecule has 1 atom stereocenters. The predicted molar refractivity (Wildman–Crippen MR) is 66.9 cm³/mol. The Morgan fingerprint density at radius 2 is 2.05 bits per heavy atom. The monoisotopic (exact) mass is 291 g/mol. The van der Waals surface area contributed by atoms with Gasteiger partial charge in [0.15, 0.2) is 0 Å². The van der Waals surface area contributed by atoms with E-state index in [1.54, 1.807) is 0 Å². The van der Waals surface area contributed by atoms with Gasteiger partial charge in [-0.15, -0.1) is 0 Å². The quantitative estimate of drug-likeness (QED) is 0.579. The lowest BCUT2D eigenvalue weighted by atomic mass is 10.1.